The lowest BCUT2D eigenvalue weighted by Gasteiger charge is -2.56. The summed E-state index contributed by atoms with van der Waals surface area (Å²) in [6.07, 6.45) is 7.19. The van der Waals surface area contributed by atoms with E-state index in [1.165, 1.54) is 6.42 Å². The molecule has 7 atom stereocenters. The maximum absolute atomic E-state index is 13.2. The molecule has 0 radical (unpaired) electrons. The number of benzene rings is 1. The van der Waals surface area contributed by atoms with E-state index in [1.807, 2.05) is 42.2 Å². The Labute approximate surface area is 199 Å². The summed E-state index contributed by atoms with van der Waals surface area (Å²) in [6, 6.07) is 9.92. The van der Waals surface area contributed by atoms with Gasteiger partial charge in [0.15, 0.2) is 0 Å². The van der Waals surface area contributed by atoms with E-state index in [1.54, 1.807) is 0 Å². The molecular formula is C28H42N2O3. The van der Waals surface area contributed by atoms with Gasteiger partial charge in [0.2, 0.25) is 11.8 Å². The Morgan fingerprint density at radius 1 is 1.12 bits per heavy atom. The second kappa shape index (κ2) is 10.2. The topological polar surface area (TPSA) is 69.6 Å². The molecule has 5 heteroatoms. The fraction of sp³-hybridized carbons (Fsp3) is 0.714. The van der Waals surface area contributed by atoms with Crippen LogP contribution in [0.4, 0.5) is 0 Å². The number of carbonyl (C=O) groups excluding carboxylic acids is 2. The van der Waals surface area contributed by atoms with Crippen LogP contribution in [0.5, 0.6) is 0 Å². The summed E-state index contributed by atoms with van der Waals surface area (Å²) in [7, 11) is 0. The van der Waals surface area contributed by atoms with Crippen LogP contribution < -0.4 is 5.32 Å². The third-order valence-electron chi connectivity index (χ3n) is 9.14. The van der Waals surface area contributed by atoms with E-state index in [-0.39, 0.29) is 46.9 Å². The van der Waals surface area contributed by atoms with Gasteiger partial charge in [-0.25, -0.2) is 0 Å². The van der Waals surface area contributed by atoms with Gasteiger partial charge >= 0.3 is 0 Å². The molecule has 1 saturated heterocycles. The summed E-state index contributed by atoms with van der Waals surface area (Å²) in [6.45, 7) is 8.25. The van der Waals surface area contributed by atoms with Gasteiger partial charge in [0.05, 0.1) is 12.5 Å². The van der Waals surface area contributed by atoms with Crippen LogP contribution in [0.25, 0.3) is 0 Å². The number of rotatable bonds is 5. The zero-order valence-electron chi connectivity index (χ0n) is 20.6. The highest BCUT2D eigenvalue weighted by Crippen LogP contribution is 2.55. The monoisotopic (exact) mass is 454 g/mol. The van der Waals surface area contributed by atoms with Gasteiger partial charge in [0.1, 0.15) is 0 Å². The number of aliphatic hydroxyl groups excluding tert-OH is 1. The highest BCUT2D eigenvalue weighted by atomic mass is 16.3. The van der Waals surface area contributed by atoms with Crippen molar-refractivity contribution in [3.8, 4) is 0 Å². The lowest BCUT2D eigenvalue weighted by atomic mass is 9.51. The van der Waals surface area contributed by atoms with E-state index in [0.29, 0.717) is 6.42 Å². The maximum Gasteiger partial charge on any atom is 0.225 e. The lowest BCUT2D eigenvalue weighted by Crippen LogP contribution is -2.58. The zero-order valence-corrected chi connectivity index (χ0v) is 20.6. The molecule has 2 saturated carbocycles. The molecule has 0 aromatic heterocycles. The molecule has 1 aromatic rings. The molecule has 2 N–H and O–H groups in total. The first-order chi connectivity index (χ1) is 15.8. The fourth-order valence-electron chi connectivity index (χ4n) is 7.12. The minimum atomic E-state index is -0.503. The van der Waals surface area contributed by atoms with Crippen molar-refractivity contribution < 1.29 is 14.7 Å². The summed E-state index contributed by atoms with van der Waals surface area (Å²) in [5.41, 5.74) is 1.09. The molecular weight excluding hydrogens is 412 g/mol. The average molecular weight is 455 g/mol. The number of nitrogens with one attached hydrogen (secondary N) is 1. The lowest BCUT2D eigenvalue weighted by molar-refractivity contribution is -0.151. The Hall–Kier alpha value is -1.88. The molecule has 0 spiro atoms. The Morgan fingerprint density at radius 2 is 1.79 bits per heavy atom. The van der Waals surface area contributed by atoms with E-state index >= 15 is 0 Å². The minimum absolute atomic E-state index is 0.00118. The van der Waals surface area contributed by atoms with Gasteiger partial charge in [0.25, 0.3) is 0 Å². The molecule has 3 aliphatic rings. The second-order valence-corrected chi connectivity index (χ2v) is 11.3. The van der Waals surface area contributed by atoms with Crippen molar-refractivity contribution in [2.75, 3.05) is 13.1 Å². The van der Waals surface area contributed by atoms with E-state index in [0.717, 1.165) is 57.2 Å². The number of amides is 2. The van der Waals surface area contributed by atoms with Gasteiger partial charge in [-0.05, 0) is 73.7 Å². The van der Waals surface area contributed by atoms with Crippen LogP contribution in [0.1, 0.15) is 71.3 Å². The molecule has 4 rings (SSSR count). The molecule has 33 heavy (non-hydrogen) atoms. The molecule has 5 nitrogen and oxygen atoms in total. The largest absolute Gasteiger partial charge is 0.392 e. The van der Waals surface area contributed by atoms with Crippen molar-refractivity contribution in [1.29, 1.82) is 0 Å². The van der Waals surface area contributed by atoms with Crippen LogP contribution in [-0.4, -0.2) is 47.1 Å². The zero-order chi connectivity index (χ0) is 23.6. The van der Waals surface area contributed by atoms with Crippen LogP contribution in [0.3, 0.4) is 0 Å². The molecule has 1 aromatic carbocycles. The molecule has 1 heterocycles. The molecule has 2 aliphatic carbocycles. The number of fused-ring (bicyclic) bond motifs is 1. The van der Waals surface area contributed by atoms with Crippen LogP contribution in [0.2, 0.25) is 0 Å². The van der Waals surface area contributed by atoms with E-state index < -0.39 is 6.10 Å². The second-order valence-electron chi connectivity index (χ2n) is 11.3. The predicted molar refractivity (Wildman–Crippen MR) is 130 cm³/mol. The standard InChI is InChI=1S/C28H42N2O3/c1-19(27(33)30-16-8-5-9-17-30)22-12-14-28(3)15-13-23(20(2)25(28)26(22)32)29-24(31)18-21-10-6-4-7-11-21/h4,6-7,10-11,19-20,22-23,25-26,32H,5,8-9,12-18H2,1-3H3,(H,29,31)/t19-,20+,22?,23-,25+,26-,28-/m0/s1. The summed E-state index contributed by atoms with van der Waals surface area (Å²) < 4.78 is 0. The number of hydrogen-bond acceptors (Lipinski definition) is 3. The average Bonchev–Trinajstić information content (AvgIpc) is 2.81. The SMILES string of the molecule is C[C@H]1[C@@H]2[C@@H](O)C([C@H](C)C(=O)N3CCCCC3)CC[C@@]2(C)CC[C@@H]1NC(=O)Cc1ccccc1. The van der Waals surface area contributed by atoms with E-state index in [4.69, 9.17) is 0 Å². The van der Waals surface area contributed by atoms with Crippen molar-refractivity contribution in [2.45, 2.75) is 84.3 Å². The van der Waals surface area contributed by atoms with Crippen LogP contribution in [0.15, 0.2) is 30.3 Å². The number of piperidine rings is 1. The van der Waals surface area contributed by atoms with Crippen molar-refractivity contribution in [1.82, 2.24) is 10.2 Å². The molecule has 1 unspecified atom stereocenters. The Bertz CT molecular complexity index is 822. The quantitative estimate of drug-likeness (QED) is 0.701. The van der Waals surface area contributed by atoms with Crippen LogP contribution in [-0.2, 0) is 16.0 Å². The maximum atomic E-state index is 13.2. The highest BCUT2D eigenvalue weighted by molar-refractivity contribution is 5.79. The smallest absolute Gasteiger partial charge is 0.225 e. The molecule has 2 amide bonds. The van der Waals surface area contributed by atoms with Gasteiger partial charge < -0.3 is 15.3 Å². The number of likely N-dealkylation sites (tertiary alicyclic amines) is 1. The first-order valence-corrected chi connectivity index (χ1v) is 13.1. The van der Waals surface area contributed by atoms with Gasteiger partial charge in [-0.1, -0.05) is 51.1 Å². The van der Waals surface area contributed by atoms with Gasteiger partial charge in [-0.3, -0.25) is 9.59 Å². The third-order valence-corrected chi connectivity index (χ3v) is 9.14. The first-order valence-electron chi connectivity index (χ1n) is 13.1. The highest BCUT2D eigenvalue weighted by Gasteiger charge is 2.54. The summed E-state index contributed by atoms with van der Waals surface area (Å²) in [4.78, 5) is 28.0. The molecule has 1 aliphatic heterocycles. The minimum Gasteiger partial charge on any atom is -0.392 e. The van der Waals surface area contributed by atoms with E-state index in [2.05, 4.69) is 19.2 Å². The molecule has 182 valence electrons. The molecule has 3 fully saturated rings. The predicted octanol–water partition coefficient (Wildman–Crippen LogP) is 4.19. The van der Waals surface area contributed by atoms with Crippen LogP contribution >= 0.6 is 0 Å². The number of aliphatic hydroxyl groups is 1. The van der Waals surface area contributed by atoms with Crippen molar-refractivity contribution in [3.63, 3.8) is 0 Å². The van der Waals surface area contributed by atoms with Gasteiger partial charge in [-0.15, -0.1) is 0 Å². The summed E-state index contributed by atoms with van der Waals surface area (Å²) in [5, 5.41) is 14.9. The van der Waals surface area contributed by atoms with Crippen LogP contribution in [0, 0.1) is 29.1 Å². The molecule has 0 bridgehead atoms. The third kappa shape index (κ3) is 5.13. The summed E-state index contributed by atoms with van der Waals surface area (Å²) >= 11 is 0. The Morgan fingerprint density at radius 3 is 2.48 bits per heavy atom. The first kappa shape index (κ1) is 24.3. The van der Waals surface area contributed by atoms with E-state index in [9.17, 15) is 14.7 Å². The number of carbonyl (C=O) groups is 2. The van der Waals surface area contributed by atoms with Crippen molar-refractivity contribution in [2.24, 2.45) is 29.1 Å². The Kier molecular flexibility index (Phi) is 7.47. The van der Waals surface area contributed by atoms with Gasteiger partial charge in [-0.2, -0.15) is 0 Å². The normalized spacial score (nSPS) is 35.4. The van der Waals surface area contributed by atoms with Gasteiger partial charge in [0, 0.05) is 25.0 Å². The summed E-state index contributed by atoms with van der Waals surface area (Å²) in [5.74, 6) is 0.402. The van der Waals surface area contributed by atoms with Crippen molar-refractivity contribution in [3.05, 3.63) is 35.9 Å². The number of nitrogens with zero attached hydrogens (tertiary/aromatic N) is 1. The van der Waals surface area contributed by atoms with Crippen molar-refractivity contribution >= 4 is 11.8 Å². The fourth-order valence-corrected chi connectivity index (χ4v) is 7.12. The number of hydrogen-bond donors (Lipinski definition) is 2. The Balaban J connectivity index is 1.43.